The Bertz CT molecular complexity index is 399. The van der Waals surface area contributed by atoms with Gasteiger partial charge in [0.15, 0.2) is 0 Å². The van der Waals surface area contributed by atoms with E-state index >= 15 is 0 Å². The maximum atomic E-state index is 12.0. The monoisotopic (exact) mass is 352 g/mol. The van der Waals surface area contributed by atoms with Gasteiger partial charge in [-0.25, -0.2) is 0 Å². The van der Waals surface area contributed by atoms with Gasteiger partial charge in [-0.1, -0.05) is 12.8 Å². The number of rotatable bonds is 3. The van der Waals surface area contributed by atoms with Crippen LogP contribution in [0.3, 0.4) is 0 Å². The molecule has 1 fully saturated rings. The molecule has 2 atom stereocenters. The van der Waals surface area contributed by atoms with Crippen LogP contribution in [0.1, 0.15) is 35.4 Å². The highest BCUT2D eigenvalue weighted by Crippen LogP contribution is 2.25. The van der Waals surface area contributed by atoms with E-state index in [2.05, 4.69) is 21.2 Å². The second-order valence-electron chi connectivity index (χ2n) is 4.49. The maximum Gasteiger partial charge on any atom is 0.261 e. The molecule has 0 aromatic carbocycles. The maximum absolute atomic E-state index is 12.0. The molecule has 0 saturated heterocycles. The lowest BCUT2D eigenvalue weighted by atomic mass is 9.84. The largest absolute Gasteiger partial charge is 0.348 e. The van der Waals surface area contributed by atoms with Crippen molar-refractivity contribution in [1.82, 2.24) is 5.32 Å². The van der Waals surface area contributed by atoms with Crippen molar-refractivity contribution in [3.8, 4) is 0 Å². The lowest BCUT2D eigenvalue weighted by Gasteiger charge is -2.31. The Morgan fingerprint density at radius 1 is 1.50 bits per heavy atom. The summed E-state index contributed by atoms with van der Waals surface area (Å²) >= 11 is 4.83. The number of halogens is 2. The molecule has 1 aromatic rings. The highest BCUT2D eigenvalue weighted by Gasteiger charge is 2.25. The van der Waals surface area contributed by atoms with Gasteiger partial charge < -0.3 is 11.1 Å². The van der Waals surface area contributed by atoms with Gasteiger partial charge in [-0.2, -0.15) is 0 Å². The van der Waals surface area contributed by atoms with Crippen molar-refractivity contribution in [2.75, 3.05) is 6.54 Å². The van der Waals surface area contributed by atoms with Crippen molar-refractivity contribution in [3.05, 3.63) is 20.8 Å². The number of amides is 1. The molecule has 1 saturated carbocycles. The van der Waals surface area contributed by atoms with Crippen LogP contribution < -0.4 is 11.1 Å². The number of carbonyl (C=O) groups is 1. The van der Waals surface area contributed by atoms with Crippen LogP contribution in [-0.2, 0) is 0 Å². The van der Waals surface area contributed by atoms with E-state index in [9.17, 15) is 4.79 Å². The van der Waals surface area contributed by atoms with Crippen LogP contribution in [0.4, 0.5) is 0 Å². The molecule has 1 aliphatic rings. The summed E-state index contributed by atoms with van der Waals surface area (Å²) in [5.41, 5.74) is 5.76. The SMILES string of the molecule is Cl.NCC1CCCCC1NC(=O)c1cc(Br)cs1. The van der Waals surface area contributed by atoms with Gasteiger partial charge >= 0.3 is 0 Å². The van der Waals surface area contributed by atoms with E-state index in [0.717, 1.165) is 22.2 Å². The van der Waals surface area contributed by atoms with Crippen LogP contribution in [0, 0.1) is 5.92 Å². The van der Waals surface area contributed by atoms with E-state index < -0.39 is 0 Å². The normalized spacial score (nSPS) is 23.2. The minimum absolute atomic E-state index is 0. The summed E-state index contributed by atoms with van der Waals surface area (Å²) in [6.45, 7) is 0.666. The van der Waals surface area contributed by atoms with Crippen molar-refractivity contribution >= 4 is 45.6 Å². The first-order valence-electron chi connectivity index (χ1n) is 5.95. The molecule has 0 bridgehead atoms. The lowest BCUT2D eigenvalue weighted by molar-refractivity contribution is 0.0912. The van der Waals surface area contributed by atoms with Crippen molar-refractivity contribution in [1.29, 1.82) is 0 Å². The second-order valence-corrected chi connectivity index (χ2v) is 6.32. The molecule has 1 amide bonds. The molecule has 3 nitrogen and oxygen atoms in total. The zero-order valence-electron chi connectivity index (χ0n) is 10.0. The number of thiophene rings is 1. The van der Waals surface area contributed by atoms with Gasteiger partial charge in [0.05, 0.1) is 4.88 Å². The minimum atomic E-state index is 0. The zero-order chi connectivity index (χ0) is 12.3. The molecule has 18 heavy (non-hydrogen) atoms. The molecule has 1 aliphatic carbocycles. The summed E-state index contributed by atoms with van der Waals surface area (Å²) in [4.78, 5) is 12.8. The standard InChI is InChI=1S/C12H17BrN2OS.ClH/c13-9-5-11(17-7-9)12(16)15-10-4-2-1-3-8(10)6-14;/h5,7-8,10H,1-4,6,14H2,(H,15,16);1H. The topological polar surface area (TPSA) is 55.1 Å². The molecule has 2 rings (SSSR count). The first-order valence-corrected chi connectivity index (χ1v) is 7.63. The molecule has 2 unspecified atom stereocenters. The number of hydrogen-bond donors (Lipinski definition) is 2. The van der Waals surface area contributed by atoms with E-state index in [4.69, 9.17) is 5.73 Å². The van der Waals surface area contributed by atoms with Gasteiger partial charge in [-0.05, 0) is 47.3 Å². The molecule has 0 spiro atoms. The summed E-state index contributed by atoms with van der Waals surface area (Å²) in [7, 11) is 0. The van der Waals surface area contributed by atoms with Crippen molar-refractivity contribution in [2.24, 2.45) is 11.7 Å². The zero-order valence-corrected chi connectivity index (χ0v) is 13.2. The van der Waals surface area contributed by atoms with Crippen molar-refractivity contribution in [2.45, 2.75) is 31.7 Å². The van der Waals surface area contributed by atoms with Crippen LogP contribution in [-0.4, -0.2) is 18.5 Å². The highest BCUT2D eigenvalue weighted by atomic mass is 79.9. The first-order chi connectivity index (χ1) is 8.20. The predicted molar refractivity (Wildman–Crippen MR) is 81.5 cm³/mol. The number of carbonyl (C=O) groups excluding carboxylic acids is 1. The van der Waals surface area contributed by atoms with Crippen molar-refractivity contribution in [3.63, 3.8) is 0 Å². The molecule has 102 valence electrons. The van der Waals surface area contributed by atoms with Gasteiger partial charge in [0.2, 0.25) is 0 Å². The summed E-state index contributed by atoms with van der Waals surface area (Å²) in [5, 5.41) is 5.05. The summed E-state index contributed by atoms with van der Waals surface area (Å²) < 4.78 is 0.965. The van der Waals surface area contributed by atoms with E-state index in [0.29, 0.717) is 12.5 Å². The van der Waals surface area contributed by atoms with E-state index in [-0.39, 0.29) is 24.4 Å². The van der Waals surface area contributed by atoms with E-state index in [1.807, 2.05) is 11.4 Å². The third kappa shape index (κ3) is 3.95. The Labute approximate surface area is 126 Å². The smallest absolute Gasteiger partial charge is 0.261 e. The van der Waals surface area contributed by atoms with E-state index in [1.54, 1.807) is 0 Å². The van der Waals surface area contributed by atoms with Gasteiger partial charge in [0.1, 0.15) is 0 Å². The first kappa shape index (κ1) is 16.0. The molecule has 1 aromatic heterocycles. The van der Waals surface area contributed by atoms with Crippen LogP contribution >= 0.6 is 39.7 Å². The second kappa shape index (κ2) is 7.48. The third-order valence-electron chi connectivity index (χ3n) is 3.32. The Morgan fingerprint density at radius 2 is 2.22 bits per heavy atom. The fraction of sp³-hybridized carbons (Fsp3) is 0.583. The number of nitrogens with one attached hydrogen (secondary N) is 1. The third-order valence-corrected chi connectivity index (χ3v) is 5.01. The average molecular weight is 354 g/mol. The van der Waals surface area contributed by atoms with Crippen LogP contribution in [0.25, 0.3) is 0 Å². The molecule has 0 aliphatic heterocycles. The number of hydrogen-bond acceptors (Lipinski definition) is 3. The van der Waals surface area contributed by atoms with Crippen LogP contribution in [0.5, 0.6) is 0 Å². The quantitative estimate of drug-likeness (QED) is 0.877. The highest BCUT2D eigenvalue weighted by molar-refractivity contribution is 9.10. The molecule has 0 radical (unpaired) electrons. The van der Waals surface area contributed by atoms with Gasteiger partial charge in [0, 0.05) is 15.9 Å². The number of nitrogens with two attached hydrogens (primary N) is 1. The lowest BCUT2D eigenvalue weighted by Crippen LogP contribution is -2.44. The average Bonchev–Trinajstić information content (AvgIpc) is 2.77. The Kier molecular flexibility index (Phi) is 6.63. The Balaban J connectivity index is 0.00000162. The van der Waals surface area contributed by atoms with Gasteiger partial charge in [0.25, 0.3) is 5.91 Å². The van der Waals surface area contributed by atoms with E-state index in [1.165, 1.54) is 24.2 Å². The molecule has 6 heteroatoms. The molecule has 1 heterocycles. The van der Waals surface area contributed by atoms with Crippen LogP contribution in [0.15, 0.2) is 15.9 Å². The fourth-order valence-electron chi connectivity index (χ4n) is 2.35. The predicted octanol–water partition coefficient (Wildman–Crippen LogP) is 3.18. The fourth-order valence-corrected chi connectivity index (χ4v) is 3.68. The molecule has 3 N–H and O–H groups in total. The summed E-state index contributed by atoms with van der Waals surface area (Å²) in [5.74, 6) is 0.474. The Hall–Kier alpha value is -0.100. The van der Waals surface area contributed by atoms with Gasteiger partial charge in [-0.15, -0.1) is 23.7 Å². The summed E-state index contributed by atoms with van der Waals surface area (Å²) in [6.07, 6.45) is 4.62. The van der Waals surface area contributed by atoms with Crippen molar-refractivity contribution < 1.29 is 4.79 Å². The van der Waals surface area contributed by atoms with Gasteiger partial charge in [-0.3, -0.25) is 4.79 Å². The van der Waals surface area contributed by atoms with Crippen LogP contribution in [0.2, 0.25) is 0 Å². The Morgan fingerprint density at radius 3 is 2.83 bits per heavy atom. The molecular weight excluding hydrogens is 336 g/mol. The minimum Gasteiger partial charge on any atom is -0.348 e. The summed E-state index contributed by atoms with van der Waals surface area (Å²) in [6, 6.07) is 2.11. The molecular formula is C12H18BrClN2OS.